The summed E-state index contributed by atoms with van der Waals surface area (Å²) in [5, 5.41) is 7.62. The van der Waals surface area contributed by atoms with Crippen molar-refractivity contribution < 1.29 is 0 Å². The van der Waals surface area contributed by atoms with Crippen molar-refractivity contribution in [3.8, 4) is 0 Å². The Morgan fingerprint density at radius 2 is 2.05 bits per heavy atom. The van der Waals surface area contributed by atoms with Crippen molar-refractivity contribution in [1.29, 1.82) is 0 Å². The molecule has 19 heavy (non-hydrogen) atoms. The average molecular weight is 259 g/mol. The van der Waals surface area contributed by atoms with Gasteiger partial charge in [-0.2, -0.15) is 5.10 Å². The highest BCUT2D eigenvalue weighted by Crippen LogP contribution is 2.06. The van der Waals surface area contributed by atoms with Crippen LogP contribution in [0.5, 0.6) is 0 Å². The fourth-order valence-electron chi connectivity index (χ4n) is 1.97. The molecule has 2 aromatic rings. The smallest absolute Gasteiger partial charge is 0.150 e. The van der Waals surface area contributed by atoms with Crippen LogP contribution in [0.1, 0.15) is 36.8 Å². The van der Waals surface area contributed by atoms with E-state index in [-0.39, 0.29) is 0 Å². The van der Waals surface area contributed by atoms with Crippen LogP contribution < -0.4 is 5.32 Å². The maximum atomic E-state index is 4.51. The number of nitrogens with one attached hydrogen (secondary N) is 1. The molecule has 2 rings (SSSR count). The lowest BCUT2D eigenvalue weighted by molar-refractivity contribution is 0.626. The predicted octanol–water partition coefficient (Wildman–Crippen LogP) is 1.57. The Hall–Kier alpha value is -1.75. The van der Waals surface area contributed by atoms with Gasteiger partial charge in [0.2, 0.25) is 0 Å². The van der Waals surface area contributed by atoms with E-state index in [0.29, 0.717) is 6.54 Å². The predicted molar refractivity (Wildman–Crippen MR) is 74.9 cm³/mol. The van der Waals surface area contributed by atoms with E-state index in [0.717, 1.165) is 36.7 Å². The highest BCUT2D eigenvalue weighted by atomic mass is 15.3. The second kappa shape index (κ2) is 6.43. The molecule has 0 aromatic carbocycles. The van der Waals surface area contributed by atoms with Gasteiger partial charge in [0.05, 0.1) is 12.2 Å². The van der Waals surface area contributed by atoms with Crippen molar-refractivity contribution in [2.45, 2.75) is 39.8 Å². The van der Waals surface area contributed by atoms with E-state index in [9.17, 15) is 0 Å². The first kappa shape index (κ1) is 13.7. The van der Waals surface area contributed by atoms with Gasteiger partial charge in [-0.3, -0.25) is 4.98 Å². The van der Waals surface area contributed by atoms with Gasteiger partial charge < -0.3 is 5.32 Å². The van der Waals surface area contributed by atoms with Gasteiger partial charge in [0.25, 0.3) is 0 Å². The monoisotopic (exact) mass is 259 g/mol. The summed E-state index contributed by atoms with van der Waals surface area (Å²) >= 11 is 0. The molecule has 5 heteroatoms. The van der Waals surface area contributed by atoms with Crippen LogP contribution in [0.3, 0.4) is 0 Å². The molecule has 0 saturated heterocycles. The Balaban J connectivity index is 2.13. The molecule has 0 aliphatic rings. The first-order chi connectivity index (χ1) is 9.26. The molecular formula is C14H21N5. The molecular weight excluding hydrogens is 238 g/mol. The van der Waals surface area contributed by atoms with Crippen LogP contribution in [0.25, 0.3) is 0 Å². The molecule has 2 heterocycles. The minimum absolute atomic E-state index is 0.690. The second-order valence-corrected chi connectivity index (χ2v) is 4.50. The van der Waals surface area contributed by atoms with E-state index < -0.39 is 0 Å². The van der Waals surface area contributed by atoms with E-state index in [2.05, 4.69) is 46.4 Å². The minimum Gasteiger partial charge on any atom is -0.316 e. The Bertz CT molecular complexity index is 515. The average Bonchev–Trinajstić information content (AvgIpc) is 2.83. The van der Waals surface area contributed by atoms with E-state index >= 15 is 0 Å². The summed E-state index contributed by atoms with van der Waals surface area (Å²) in [5.74, 6) is 1.93. The van der Waals surface area contributed by atoms with E-state index in [1.165, 1.54) is 5.56 Å². The molecule has 0 radical (unpaired) electrons. The van der Waals surface area contributed by atoms with E-state index in [4.69, 9.17) is 0 Å². The van der Waals surface area contributed by atoms with Crippen LogP contribution in [0.15, 0.2) is 18.3 Å². The summed E-state index contributed by atoms with van der Waals surface area (Å²) in [4.78, 5) is 8.98. The zero-order valence-corrected chi connectivity index (χ0v) is 11.8. The number of pyridine rings is 1. The summed E-state index contributed by atoms with van der Waals surface area (Å²) in [6.45, 7) is 5.71. The summed E-state index contributed by atoms with van der Waals surface area (Å²) in [7, 11) is 1.93. The van der Waals surface area contributed by atoms with E-state index in [1.54, 1.807) is 0 Å². The lowest BCUT2D eigenvalue weighted by Crippen LogP contribution is -2.09. The lowest BCUT2D eigenvalue weighted by atomic mass is 10.2. The van der Waals surface area contributed by atoms with Crippen LogP contribution in [-0.2, 0) is 25.9 Å². The topological polar surface area (TPSA) is 55.6 Å². The molecule has 0 aliphatic heterocycles. The largest absolute Gasteiger partial charge is 0.316 e. The van der Waals surface area contributed by atoms with Gasteiger partial charge in [0.15, 0.2) is 5.82 Å². The molecule has 0 amide bonds. The van der Waals surface area contributed by atoms with Gasteiger partial charge in [-0.05, 0) is 18.7 Å². The van der Waals surface area contributed by atoms with Gasteiger partial charge in [0.1, 0.15) is 5.82 Å². The fourth-order valence-corrected chi connectivity index (χ4v) is 1.97. The summed E-state index contributed by atoms with van der Waals surface area (Å²) in [6.07, 6.45) is 3.68. The van der Waals surface area contributed by atoms with Gasteiger partial charge in [-0.1, -0.05) is 19.9 Å². The number of nitrogens with zero attached hydrogens (tertiary/aromatic N) is 4. The first-order valence-electron chi connectivity index (χ1n) is 6.77. The van der Waals surface area contributed by atoms with Gasteiger partial charge in [0, 0.05) is 25.6 Å². The number of hydrogen-bond acceptors (Lipinski definition) is 4. The van der Waals surface area contributed by atoms with Crippen molar-refractivity contribution in [3.63, 3.8) is 0 Å². The summed E-state index contributed by atoms with van der Waals surface area (Å²) < 4.78 is 1.96. The molecule has 2 aromatic heterocycles. The Morgan fingerprint density at radius 1 is 1.21 bits per heavy atom. The third-order valence-electron chi connectivity index (χ3n) is 3.00. The van der Waals surface area contributed by atoms with Crippen LogP contribution in [0.4, 0.5) is 0 Å². The summed E-state index contributed by atoms with van der Waals surface area (Å²) in [6, 6.07) is 4.15. The molecule has 0 atom stereocenters. The standard InChI is InChI=1S/C14H21N5/c1-4-13-17-14(5-2)19(18-13)10-12-7-6-11(8-15-3)9-16-12/h6-7,9,15H,4-5,8,10H2,1-3H3. The Kier molecular flexibility index (Phi) is 4.63. The fraction of sp³-hybridized carbons (Fsp3) is 0.500. The molecule has 0 unspecified atom stereocenters. The Labute approximate surface area is 114 Å². The lowest BCUT2D eigenvalue weighted by Gasteiger charge is -2.05. The van der Waals surface area contributed by atoms with Crippen molar-refractivity contribution in [2.75, 3.05) is 7.05 Å². The molecule has 0 bridgehead atoms. The maximum absolute atomic E-state index is 4.51. The first-order valence-corrected chi connectivity index (χ1v) is 6.77. The van der Waals surface area contributed by atoms with Gasteiger partial charge in [-0.25, -0.2) is 9.67 Å². The molecule has 5 nitrogen and oxygen atoms in total. The maximum Gasteiger partial charge on any atom is 0.150 e. The normalized spacial score (nSPS) is 10.9. The molecule has 1 N–H and O–H groups in total. The number of aromatic nitrogens is 4. The van der Waals surface area contributed by atoms with E-state index in [1.807, 2.05) is 17.9 Å². The third-order valence-corrected chi connectivity index (χ3v) is 3.00. The molecule has 0 aliphatic carbocycles. The SMILES string of the molecule is CCc1nc(CC)n(Cc2ccc(CNC)cn2)n1. The number of aryl methyl sites for hydroxylation is 2. The molecule has 0 spiro atoms. The highest BCUT2D eigenvalue weighted by Gasteiger charge is 2.08. The van der Waals surface area contributed by atoms with Gasteiger partial charge >= 0.3 is 0 Å². The minimum atomic E-state index is 0.690. The Morgan fingerprint density at radius 3 is 2.63 bits per heavy atom. The van der Waals surface area contributed by atoms with Gasteiger partial charge in [-0.15, -0.1) is 0 Å². The number of rotatable bonds is 6. The second-order valence-electron chi connectivity index (χ2n) is 4.50. The zero-order valence-electron chi connectivity index (χ0n) is 11.8. The molecule has 102 valence electrons. The van der Waals surface area contributed by atoms with Crippen molar-refractivity contribution in [2.24, 2.45) is 0 Å². The molecule has 0 fully saturated rings. The number of hydrogen-bond donors (Lipinski definition) is 1. The van der Waals surface area contributed by atoms with Crippen LogP contribution >= 0.6 is 0 Å². The third kappa shape index (κ3) is 3.38. The van der Waals surface area contributed by atoms with Crippen molar-refractivity contribution >= 4 is 0 Å². The summed E-state index contributed by atoms with van der Waals surface area (Å²) in [5.41, 5.74) is 2.21. The zero-order chi connectivity index (χ0) is 13.7. The highest BCUT2D eigenvalue weighted by molar-refractivity contribution is 5.14. The molecule has 0 saturated carbocycles. The quantitative estimate of drug-likeness (QED) is 0.855. The van der Waals surface area contributed by atoms with Crippen LogP contribution in [0.2, 0.25) is 0 Å². The van der Waals surface area contributed by atoms with Crippen molar-refractivity contribution in [3.05, 3.63) is 41.2 Å². The van der Waals surface area contributed by atoms with Crippen LogP contribution in [-0.4, -0.2) is 26.8 Å². The van der Waals surface area contributed by atoms with Crippen LogP contribution in [0, 0.1) is 0 Å². The van der Waals surface area contributed by atoms with Crippen molar-refractivity contribution in [1.82, 2.24) is 25.1 Å².